The van der Waals surface area contributed by atoms with Crippen LogP contribution in [0.5, 0.6) is 0 Å². The fourth-order valence-electron chi connectivity index (χ4n) is 2.57. The van der Waals surface area contributed by atoms with Gasteiger partial charge in [0.25, 0.3) is 10.0 Å². The molecule has 10 nitrogen and oxygen atoms in total. The van der Waals surface area contributed by atoms with E-state index < -0.39 is 10.0 Å². The summed E-state index contributed by atoms with van der Waals surface area (Å²) in [7, 11) is -3.72. The van der Waals surface area contributed by atoms with E-state index in [0.29, 0.717) is 23.5 Å². The summed E-state index contributed by atoms with van der Waals surface area (Å²) in [6.07, 6.45) is 0. The molecule has 2 heterocycles. The van der Waals surface area contributed by atoms with Crippen LogP contribution in [0.2, 0.25) is 0 Å². The lowest BCUT2D eigenvalue weighted by Gasteiger charge is -2.09. The van der Waals surface area contributed by atoms with Crippen LogP contribution in [0, 0.1) is 0 Å². The fourth-order valence-corrected chi connectivity index (χ4v) is 5.42. The Hall–Kier alpha value is -2.64. The van der Waals surface area contributed by atoms with E-state index in [2.05, 4.69) is 25.0 Å². The van der Waals surface area contributed by atoms with Crippen molar-refractivity contribution in [1.29, 1.82) is 0 Å². The maximum atomic E-state index is 12.4. The van der Waals surface area contributed by atoms with Crippen molar-refractivity contribution in [1.82, 2.24) is 9.71 Å². The molecule has 1 aliphatic rings. The highest BCUT2D eigenvalue weighted by Crippen LogP contribution is 2.30. The summed E-state index contributed by atoms with van der Waals surface area (Å²) < 4.78 is 27.2. The second kappa shape index (κ2) is 8.80. The maximum Gasteiger partial charge on any atom is 0.263 e. The van der Waals surface area contributed by atoms with Gasteiger partial charge in [-0.1, -0.05) is 0 Å². The average molecular weight is 454 g/mol. The number of hydrogen-bond acceptors (Lipinski definition) is 8. The minimum absolute atomic E-state index is 0.0331. The number of carbonyl (C=O) groups excluding carboxylic acids is 1. The van der Waals surface area contributed by atoms with Gasteiger partial charge in [0.05, 0.1) is 17.7 Å². The molecule has 13 heteroatoms. The Morgan fingerprint density at radius 1 is 1.41 bits per heavy atom. The number of benzene rings is 1. The number of sulfonamides is 1. The normalized spacial score (nSPS) is 16.7. The van der Waals surface area contributed by atoms with E-state index in [1.807, 2.05) is 5.38 Å². The van der Waals surface area contributed by atoms with Crippen molar-refractivity contribution < 1.29 is 13.2 Å². The Morgan fingerprint density at radius 2 is 2.21 bits per heavy atom. The molecule has 0 saturated heterocycles. The number of thiazole rings is 1. The molecule has 0 saturated carbocycles. The number of hydrogen-bond donors (Lipinski definition) is 4. The summed E-state index contributed by atoms with van der Waals surface area (Å²) in [5.74, 6) is 0.495. The summed E-state index contributed by atoms with van der Waals surface area (Å²) in [5, 5.41) is 4.09. The lowest BCUT2D eigenvalue weighted by Crippen LogP contribution is -2.23. The number of rotatable bonds is 7. The van der Waals surface area contributed by atoms with Crippen molar-refractivity contribution in [2.24, 2.45) is 21.5 Å². The van der Waals surface area contributed by atoms with E-state index in [4.69, 9.17) is 11.5 Å². The van der Waals surface area contributed by atoms with E-state index in [1.165, 1.54) is 36.1 Å². The van der Waals surface area contributed by atoms with Crippen LogP contribution in [0.1, 0.15) is 23.6 Å². The van der Waals surface area contributed by atoms with Crippen LogP contribution in [0.4, 0.5) is 5.69 Å². The van der Waals surface area contributed by atoms with Crippen LogP contribution in [0.15, 0.2) is 44.0 Å². The Labute approximate surface area is 176 Å². The van der Waals surface area contributed by atoms with Crippen molar-refractivity contribution in [3.63, 3.8) is 0 Å². The van der Waals surface area contributed by atoms with Gasteiger partial charge in [-0.15, -0.1) is 23.1 Å². The second-order valence-corrected chi connectivity index (χ2v) is 9.48. The molecule has 6 N–H and O–H groups in total. The standard InChI is InChI=1S/C16H19N7O3S3/c1-9(24)21-10-2-3-11-13(6-10)29(25,26)23-14(11)19-4-5-28-15(22-16(17)18)12-7-27-8-20-12/h2-3,6-8,15H,4-5H2,1H3,(H,19,23)(H,21,24)(H4,17,18,22). The van der Waals surface area contributed by atoms with Crippen molar-refractivity contribution >= 4 is 56.5 Å². The van der Waals surface area contributed by atoms with Crippen molar-refractivity contribution in [2.45, 2.75) is 17.2 Å². The number of nitrogens with zero attached hydrogens (tertiary/aromatic N) is 3. The van der Waals surface area contributed by atoms with Gasteiger partial charge in [0.15, 0.2) is 5.96 Å². The monoisotopic (exact) mass is 453 g/mol. The zero-order chi connectivity index (χ0) is 21.0. The van der Waals surface area contributed by atoms with Crippen molar-refractivity contribution in [2.75, 3.05) is 17.6 Å². The highest BCUT2D eigenvalue weighted by molar-refractivity contribution is 7.99. The van der Waals surface area contributed by atoms with Gasteiger partial charge in [-0.25, -0.2) is 18.4 Å². The molecule has 1 aliphatic heterocycles. The van der Waals surface area contributed by atoms with E-state index in [1.54, 1.807) is 17.6 Å². The second-order valence-electron chi connectivity index (χ2n) is 5.92. The highest BCUT2D eigenvalue weighted by Gasteiger charge is 2.31. The number of thioether (sulfide) groups is 1. The van der Waals surface area contributed by atoms with Crippen LogP contribution in [-0.4, -0.2) is 43.4 Å². The number of guanidine groups is 1. The number of aromatic nitrogens is 1. The summed E-state index contributed by atoms with van der Waals surface area (Å²) in [5.41, 5.74) is 14.3. The number of amides is 1. The predicted octanol–water partition coefficient (Wildman–Crippen LogP) is 0.845. The largest absolute Gasteiger partial charge is 0.370 e. The Morgan fingerprint density at radius 3 is 2.86 bits per heavy atom. The van der Waals surface area contributed by atoms with Gasteiger partial charge < -0.3 is 16.8 Å². The summed E-state index contributed by atoms with van der Waals surface area (Å²) >= 11 is 2.89. The minimum atomic E-state index is -3.72. The van der Waals surface area contributed by atoms with Crippen molar-refractivity contribution in [3.05, 3.63) is 40.3 Å². The molecule has 0 aliphatic carbocycles. The smallest absolute Gasteiger partial charge is 0.263 e. The van der Waals surface area contributed by atoms with Gasteiger partial charge in [0.2, 0.25) is 5.91 Å². The molecule has 1 aromatic carbocycles. The topological polar surface area (TPSA) is 165 Å². The van der Waals surface area contributed by atoms with Gasteiger partial charge in [-0.05, 0) is 18.2 Å². The van der Waals surface area contributed by atoms with Gasteiger partial charge in [-0.3, -0.25) is 14.5 Å². The van der Waals surface area contributed by atoms with Gasteiger partial charge in [-0.2, -0.15) is 0 Å². The Balaban J connectivity index is 1.71. The molecule has 0 radical (unpaired) electrons. The number of fused-ring (bicyclic) bond motifs is 1. The first kappa shape index (κ1) is 21.1. The Kier molecular flexibility index (Phi) is 6.39. The quantitative estimate of drug-likeness (QED) is 0.274. The minimum Gasteiger partial charge on any atom is -0.370 e. The molecule has 1 atom stereocenters. The zero-order valence-electron chi connectivity index (χ0n) is 15.3. The molecule has 1 amide bonds. The van der Waals surface area contributed by atoms with Crippen LogP contribution in [0.25, 0.3) is 0 Å². The molecular formula is C16H19N7O3S3. The zero-order valence-corrected chi connectivity index (χ0v) is 17.8. The summed E-state index contributed by atoms with van der Waals surface area (Å²) in [6, 6.07) is 4.65. The van der Waals surface area contributed by atoms with Gasteiger partial charge >= 0.3 is 0 Å². The molecule has 0 bridgehead atoms. The van der Waals surface area contributed by atoms with Crippen LogP contribution in [-0.2, 0) is 14.8 Å². The van der Waals surface area contributed by atoms with Gasteiger partial charge in [0.1, 0.15) is 16.1 Å². The number of anilines is 1. The van der Waals surface area contributed by atoms with Crippen LogP contribution < -0.4 is 21.5 Å². The molecule has 1 aromatic heterocycles. The number of amidine groups is 1. The summed E-state index contributed by atoms with van der Waals surface area (Å²) in [6.45, 7) is 1.70. The first-order chi connectivity index (χ1) is 13.8. The molecule has 154 valence electrons. The van der Waals surface area contributed by atoms with Gasteiger partial charge in [0, 0.05) is 29.3 Å². The van der Waals surface area contributed by atoms with E-state index in [0.717, 1.165) is 5.69 Å². The molecule has 0 spiro atoms. The van der Waals surface area contributed by atoms with Crippen molar-refractivity contribution in [3.8, 4) is 0 Å². The number of aliphatic imine (C=N–C) groups is 2. The highest BCUT2D eigenvalue weighted by atomic mass is 32.2. The third kappa shape index (κ3) is 5.25. The average Bonchev–Trinajstić information content (AvgIpc) is 3.24. The molecule has 29 heavy (non-hydrogen) atoms. The van der Waals surface area contributed by atoms with E-state index >= 15 is 0 Å². The number of nitrogens with two attached hydrogens (primary N) is 2. The molecule has 3 rings (SSSR count). The fraction of sp³-hybridized carbons (Fsp3) is 0.250. The van der Waals surface area contributed by atoms with E-state index in [-0.39, 0.29) is 28.0 Å². The SMILES string of the molecule is CC(=O)Nc1ccc2c(c1)S(=O)(=O)NC2=NCCSC(N=C(N)N)c1cscn1. The van der Waals surface area contributed by atoms with E-state index in [9.17, 15) is 13.2 Å². The summed E-state index contributed by atoms with van der Waals surface area (Å²) in [4.78, 5) is 24.0. The Bertz CT molecular complexity index is 1060. The predicted molar refractivity (Wildman–Crippen MR) is 116 cm³/mol. The molecule has 2 aromatic rings. The molecule has 0 fully saturated rings. The maximum absolute atomic E-state index is 12.4. The molecular weight excluding hydrogens is 434 g/mol. The lowest BCUT2D eigenvalue weighted by molar-refractivity contribution is -0.114. The van der Waals surface area contributed by atoms with Crippen LogP contribution in [0.3, 0.4) is 0 Å². The lowest BCUT2D eigenvalue weighted by atomic mass is 10.2. The third-order valence-electron chi connectivity index (χ3n) is 3.69. The third-order valence-corrected chi connectivity index (χ3v) is 6.75. The number of carbonyl (C=O) groups is 1. The van der Waals surface area contributed by atoms with Crippen LogP contribution >= 0.6 is 23.1 Å². The first-order valence-corrected chi connectivity index (χ1v) is 11.8. The first-order valence-electron chi connectivity index (χ1n) is 8.34. The number of nitrogens with one attached hydrogen (secondary N) is 2. The molecule has 1 unspecified atom stereocenters.